The molecule has 1 fully saturated rings. The van der Waals surface area contributed by atoms with Crippen LogP contribution in [-0.4, -0.2) is 47.8 Å². The molecule has 0 aromatic heterocycles. The first-order valence-electron chi connectivity index (χ1n) is 9.32. The van der Waals surface area contributed by atoms with E-state index in [1.165, 1.54) is 6.07 Å². The molecule has 0 radical (unpaired) electrons. The van der Waals surface area contributed by atoms with Crippen molar-refractivity contribution in [2.24, 2.45) is 0 Å². The summed E-state index contributed by atoms with van der Waals surface area (Å²) in [4.78, 5) is 49.8. The fraction of sp³-hybridized carbons (Fsp3) is 0.238. The largest absolute Gasteiger partial charge is 0.352 e. The van der Waals surface area contributed by atoms with Crippen LogP contribution in [0.3, 0.4) is 0 Å². The third-order valence-electron chi connectivity index (χ3n) is 4.44. The van der Waals surface area contributed by atoms with E-state index in [4.69, 9.17) is 0 Å². The van der Waals surface area contributed by atoms with Crippen LogP contribution in [0.25, 0.3) is 0 Å². The highest BCUT2D eigenvalue weighted by molar-refractivity contribution is 6.08. The van der Waals surface area contributed by atoms with Crippen LogP contribution in [0.1, 0.15) is 22.8 Å². The number of hydrogen-bond acceptors (Lipinski definition) is 4. The second-order valence-corrected chi connectivity index (χ2v) is 6.60. The van der Waals surface area contributed by atoms with Gasteiger partial charge in [0.15, 0.2) is 0 Å². The number of imide groups is 1. The Morgan fingerprint density at radius 2 is 1.83 bits per heavy atom. The molecular formula is C21H22N4O4. The average Bonchev–Trinajstić information content (AvgIpc) is 2.96. The molecule has 1 aliphatic heterocycles. The van der Waals surface area contributed by atoms with Gasteiger partial charge in [0.2, 0.25) is 5.91 Å². The molecule has 1 atom stereocenters. The Morgan fingerprint density at radius 3 is 2.55 bits per heavy atom. The fourth-order valence-corrected chi connectivity index (χ4v) is 3.06. The second kappa shape index (κ2) is 9.01. The Morgan fingerprint density at radius 1 is 1.07 bits per heavy atom. The number of carbonyl (C=O) groups is 4. The lowest BCUT2D eigenvalue weighted by atomic mass is 10.1. The third kappa shape index (κ3) is 4.98. The van der Waals surface area contributed by atoms with Gasteiger partial charge in [-0.1, -0.05) is 36.4 Å². The number of carbonyl (C=O) groups excluding carboxylic acids is 4. The minimum atomic E-state index is -0.696. The molecule has 5 amide bonds. The highest BCUT2D eigenvalue weighted by Gasteiger charge is 2.38. The molecule has 0 spiro atoms. The van der Waals surface area contributed by atoms with Crippen molar-refractivity contribution in [3.8, 4) is 0 Å². The number of nitrogens with zero attached hydrogens (tertiary/aromatic N) is 1. The van der Waals surface area contributed by atoms with Gasteiger partial charge in [0.1, 0.15) is 12.6 Å². The number of anilines is 1. The van der Waals surface area contributed by atoms with Gasteiger partial charge in [-0.05, 0) is 30.7 Å². The Labute approximate surface area is 168 Å². The molecule has 1 heterocycles. The zero-order valence-corrected chi connectivity index (χ0v) is 16.0. The first-order valence-corrected chi connectivity index (χ1v) is 9.32. The lowest BCUT2D eigenvalue weighted by molar-refractivity contribution is -0.130. The molecule has 0 saturated carbocycles. The van der Waals surface area contributed by atoms with Gasteiger partial charge in [-0.25, -0.2) is 4.79 Å². The van der Waals surface area contributed by atoms with E-state index in [1.54, 1.807) is 18.2 Å². The van der Waals surface area contributed by atoms with E-state index in [2.05, 4.69) is 16.0 Å². The smallest absolute Gasteiger partial charge is 0.325 e. The van der Waals surface area contributed by atoms with Crippen molar-refractivity contribution in [2.45, 2.75) is 19.4 Å². The zero-order valence-electron chi connectivity index (χ0n) is 16.0. The van der Waals surface area contributed by atoms with Gasteiger partial charge in [-0.3, -0.25) is 19.3 Å². The van der Waals surface area contributed by atoms with Crippen LogP contribution in [0.2, 0.25) is 0 Å². The molecule has 8 nitrogen and oxygen atoms in total. The highest BCUT2D eigenvalue weighted by atomic mass is 16.2. The van der Waals surface area contributed by atoms with Crippen LogP contribution in [-0.2, 0) is 16.0 Å². The van der Waals surface area contributed by atoms with Gasteiger partial charge < -0.3 is 16.0 Å². The van der Waals surface area contributed by atoms with Gasteiger partial charge in [-0.2, -0.15) is 0 Å². The van der Waals surface area contributed by atoms with E-state index in [0.29, 0.717) is 24.2 Å². The summed E-state index contributed by atoms with van der Waals surface area (Å²) in [6.45, 7) is 1.90. The van der Waals surface area contributed by atoms with Crippen molar-refractivity contribution in [2.75, 3.05) is 18.4 Å². The van der Waals surface area contributed by atoms with Crippen molar-refractivity contribution in [1.82, 2.24) is 15.5 Å². The van der Waals surface area contributed by atoms with Crippen LogP contribution < -0.4 is 16.0 Å². The van der Waals surface area contributed by atoms with Gasteiger partial charge in [0.05, 0.1) is 0 Å². The lowest BCUT2D eigenvalue weighted by Gasteiger charge is -2.13. The Bertz CT molecular complexity index is 929. The van der Waals surface area contributed by atoms with E-state index in [-0.39, 0.29) is 5.91 Å². The Kier molecular flexibility index (Phi) is 6.23. The van der Waals surface area contributed by atoms with Crippen LogP contribution in [0, 0.1) is 0 Å². The molecule has 2 aromatic carbocycles. The Balaban J connectivity index is 1.60. The molecule has 1 aliphatic rings. The number of urea groups is 1. The molecule has 0 aliphatic carbocycles. The van der Waals surface area contributed by atoms with Gasteiger partial charge >= 0.3 is 6.03 Å². The predicted octanol–water partition coefficient (Wildman–Crippen LogP) is 1.54. The summed E-state index contributed by atoms with van der Waals surface area (Å²) >= 11 is 0. The van der Waals surface area contributed by atoms with Crippen LogP contribution >= 0.6 is 0 Å². The molecule has 150 valence electrons. The predicted molar refractivity (Wildman–Crippen MR) is 107 cm³/mol. The number of benzene rings is 2. The monoisotopic (exact) mass is 394 g/mol. The van der Waals surface area contributed by atoms with Crippen LogP contribution in [0.15, 0.2) is 54.6 Å². The van der Waals surface area contributed by atoms with Crippen LogP contribution in [0.4, 0.5) is 10.5 Å². The van der Waals surface area contributed by atoms with E-state index in [0.717, 1.165) is 10.5 Å². The summed E-state index contributed by atoms with van der Waals surface area (Å²) in [5.41, 5.74) is 1.73. The molecule has 0 bridgehead atoms. The zero-order chi connectivity index (χ0) is 20.8. The van der Waals surface area contributed by atoms with E-state index in [9.17, 15) is 19.2 Å². The molecule has 2 aromatic rings. The standard InChI is InChI=1S/C21H22N4O4/c1-2-22-19(27)15-9-6-10-16(12-15)23-18(26)13-25-20(28)17(24-21(25)29)11-14-7-4-3-5-8-14/h3-10,12,17H,2,11,13H2,1H3,(H,22,27)(H,23,26)(H,24,29). The topological polar surface area (TPSA) is 108 Å². The summed E-state index contributed by atoms with van der Waals surface area (Å²) in [7, 11) is 0. The van der Waals surface area contributed by atoms with Crippen LogP contribution in [0.5, 0.6) is 0 Å². The normalized spacial score (nSPS) is 15.8. The van der Waals surface area contributed by atoms with Gasteiger partial charge in [-0.15, -0.1) is 0 Å². The van der Waals surface area contributed by atoms with E-state index in [1.807, 2.05) is 37.3 Å². The van der Waals surface area contributed by atoms with Crippen molar-refractivity contribution in [3.05, 3.63) is 65.7 Å². The minimum Gasteiger partial charge on any atom is -0.352 e. The maximum Gasteiger partial charge on any atom is 0.325 e. The highest BCUT2D eigenvalue weighted by Crippen LogP contribution is 2.14. The molecule has 8 heteroatoms. The number of amides is 5. The molecule has 1 saturated heterocycles. The maximum absolute atomic E-state index is 12.5. The summed E-state index contributed by atoms with van der Waals surface area (Å²) in [6.07, 6.45) is 0.359. The van der Waals surface area contributed by atoms with Crippen molar-refractivity contribution in [1.29, 1.82) is 0 Å². The number of hydrogen-bond donors (Lipinski definition) is 3. The summed E-state index contributed by atoms with van der Waals surface area (Å²) in [5.74, 6) is -1.21. The average molecular weight is 394 g/mol. The third-order valence-corrected chi connectivity index (χ3v) is 4.44. The lowest BCUT2D eigenvalue weighted by Crippen LogP contribution is -2.38. The first-order chi connectivity index (χ1) is 14.0. The maximum atomic E-state index is 12.5. The SMILES string of the molecule is CCNC(=O)c1cccc(NC(=O)CN2C(=O)NC(Cc3ccccc3)C2=O)c1. The first kappa shape index (κ1) is 20.1. The van der Waals surface area contributed by atoms with Crippen molar-refractivity contribution >= 4 is 29.4 Å². The molecule has 3 rings (SSSR count). The molecule has 3 N–H and O–H groups in total. The molecule has 29 heavy (non-hydrogen) atoms. The van der Waals surface area contributed by atoms with E-state index < -0.39 is 30.4 Å². The summed E-state index contributed by atoms with van der Waals surface area (Å²) in [5, 5.41) is 7.91. The van der Waals surface area contributed by atoms with Gasteiger partial charge in [0.25, 0.3) is 11.8 Å². The number of nitrogens with one attached hydrogen (secondary N) is 3. The fourth-order valence-electron chi connectivity index (χ4n) is 3.06. The quantitative estimate of drug-likeness (QED) is 0.619. The second-order valence-electron chi connectivity index (χ2n) is 6.60. The summed E-state index contributed by atoms with van der Waals surface area (Å²) in [6, 6.07) is 14.5. The summed E-state index contributed by atoms with van der Waals surface area (Å²) < 4.78 is 0. The number of rotatable bonds is 7. The minimum absolute atomic E-state index is 0.249. The Hall–Kier alpha value is -3.68. The van der Waals surface area contributed by atoms with Gasteiger partial charge in [0, 0.05) is 24.2 Å². The molecule has 1 unspecified atom stereocenters. The van der Waals surface area contributed by atoms with Crippen molar-refractivity contribution in [3.63, 3.8) is 0 Å². The molecular weight excluding hydrogens is 372 g/mol. The van der Waals surface area contributed by atoms with Crippen molar-refractivity contribution < 1.29 is 19.2 Å². The van der Waals surface area contributed by atoms with E-state index >= 15 is 0 Å².